The van der Waals surface area contributed by atoms with E-state index in [2.05, 4.69) is 9.72 Å². The van der Waals surface area contributed by atoms with Crippen molar-refractivity contribution in [3.05, 3.63) is 28.8 Å². The molecule has 4 nitrogen and oxygen atoms in total. The molecule has 2 rings (SSSR count). The molecule has 2 aromatic rings. The van der Waals surface area contributed by atoms with Gasteiger partial charge in [0.2, 0.25) is 0 Å². The van der Waals surface area contributed by atoms with Crippen molar-refractivity contribution in [3.8, 4) is 0 Å². The minimum atomic E-state index is -0.391. The molecule has 0 N–H and O–H groups in total. The smallest absolute Gasteiger partial charge is 0.337 e. The van der Waals surface area contributed by atoms with Crippen LogP contribution in [-0.4, -0.2) is 24.3 Å². The van der Waals surface area contributed by atoms with Crippen LogP contribution in [0.1, 0.15) is 20.2 Å². The molecule has 1 aromatic carbocycles. The third-order valence-corrected chi connectivity index (χ3v) is 2.87. The number of fused-ring (bicyclic) bond motifs is 1. The number of hydrogen-bond donors (Lipinski definition) is 0. The molecular weight excluding hydrogens is 214 g/mol. The number of rotatable bonds is 2. The number of ether oxygens (including phenoxy) is 1. The van der Waals surface area contributed by atoms with Crippen LogP contribution >= 0.6 is 11.3 Å². The van der Waals surface area contributed by atoms with Gasteiger partial charge in [0, 0.05) is 0 Å². The summed E-state index contributed by atoms with van der Waals surface area (Å²) in [7, 11) is 1.33. The Balaban J connectivity index is 2.55. The van der Waals surface area contributed by atoms with Crippen LogP contribution in [0.4, 0.5) is 0 Å². The maximum absolute atomic E-state index is 11.2. The molecule has 0 unspecified atom stereocenters. The summed E-state index contributed by atoms with van der Waals surface area (Å²) >= 11 is 1.25. The van der Waals surface area contributed by atoms with Crippen LogP contribution < -0.4 is 0 Å². The zero-order valence-corrected chi connectivity index (χ0v) is 8.71. The molecular formula is C10H7NO3S. The summed E-state index contributed by atoms with van der Waals surface area (Å²) < 4.78 is 5.40. The molecule has 0 aliphatic carbocycles. The Kier molecular flexibility index (Phi) is 2.47. The zero-order chi connectivity index (χ0) is 10.8. The predicted octanol–water partition coefficient (Wildman–Crippen LogP) is 1.90. The molecule has 5 heteroatoms. The maximum atomic E-state index is 11.2. The van der Waals surface area contributed by atoms with Crippen LogP contribution in [-0.2, 0) is 4.74 Å². The second-order valence-electron chi connectivity index (χ2n) is 2.84. The average molecular weight is 221 g/mol. The molecule has 0 spiro atoms. The SMILES string of the molecule is COC(=O)c1ccc2nc(C=O)sc2c1. The molecule has 0 saturated heterocycles. The van der Waals surface area contributed by atoms with Gasteiger partial charge < -0.3 is 4.74 Å². The highest BCUT2D eigenvalue weighted by Crippen LogP contribution is 2.22. The Morgan fingerprint density at radius 2 is 2.33 bits per heavy atom. The monoisotopic (exact) mass is 221 g/mol. The molecule has 0 saturated carbocycles. The van der Waals surface area contributed by atoms with Crippen molar-refractivity contribution in [2.24, 2.45) is 0 Å². The van der Waals surface area contributed by atoms with Gasteiger partial charge in [0.05, 0.1) is 22.9 Å². The maximum Gasteiger partial charge on any atom is 0.337 e. The molecule has 1 aromatic heterocycles. The van der Waals surface area contributed by atoms with E-state index in [0.717, 1.165) is 10.2 Å². The van der Waals surface area contributed by atoms with Crippen LogP contribution in [0.25, 0.3) is 10.2 Å². The van der Waals surface area contributed by atoms with E-state index < -0.39 is 5.97 Å². The van der Waals surface area contributed by atoms with Gasteiger partial charge in [-0.25, -0.2) is 9.78 Å². The van der Waals surface area contributed by atoms with Crippen LogP contribution in [0.5, 0.6) is 0 Å². The lowest BCUT2D eigenvalue weighted by molar-refractivity contribution is 0.0601. The van der Waals surface area contributed by atoms with Crippen molar-refractivity contribution in [3.63, 3.8) is 0 Å². The van der Waals surface area contributed by atoms with E-state index in [0.29, 0.717) is 16.9 Å². The summed E-state index contributed by atoms with van der Waals surface area (Å²) in [6, 6.07) is 5.00. The lowest BCUT2D eigenvalue weighted by Crippen LogP contribution is -1.99. The zero-order valence-electron chi connectivity index (χ0n) is 7.89. The Labute approximate surface area is 89.5 Å². The lowest BCUT2D eigenvalue weighted by atomic mass is 10.2. The van der Waals surface area contributed by atoms with Gasteiger partial charge in [-0.3, -0.25) is 4.79 Å². The molecule has 0 aliphatic rings. The van der Waals surface area contributed by atoms with E-state index in [4.69, 9.17) is 0 Å². The van der Waals surface area contributed by atoms with Crippen molar-refractivity contribution in [2.75, 3.05) is 7.11 Å². The average Bonchev–Trinajstić information content (AvgIpc) is 2.69. The highest BCUT2D eigenvalue weighted by molar-refractivity contribution is 7.20. The predicted molar refractivity (Wildman–Crippen MR) is 56.3 cm³/mol. The Bertz CT molecular complexity index is 532. The molecule has 0 radical (unpaired) electrons. The second-order valence-corrected chi connectivity index (χ2v) is 3.91. The highest BCUT2D eigenvalue weighted by atomic mass is 32.1. The van der Waals surface area contributed by atoms with Crippen LogP contribution in [0.3, 0.4) is 0 Å². The molecule has 0 amide bonds. The standard InChI is InChI=1S/C10H7NO3S/c1-14-10(13)6-2-3-7-8(4-6)15-9(5-12)11-7/h2-5H,1H3. The summed E-state index contributed by atoms with van der Waals surface area (Å²) in [5.41, 5.74) is 1.18. The molecule has 0 fully saturated rings. The van der Waals surface area contributed by atoms with Crippen molar-refractivity contribution >= 4 is 33.8 Å². The van der Waals surface area contributed by atoms with Gasteiger partial charge in [-0.2, -0.15) is 0 Å². The first kappa shape index (κ1) is 9.79. The molecule has 76 valence electrons. The third kappa shape index (κ3) is 1.73. The summed E-state index contributed by atoms with van der Waals surface area (Å²) in [4.78, 5) is 25.8. The van der Waals surface area contributed by atoms with E-state index in [1.807, 2.05) is 0 Å². The first-order valence-corrected chi connectivity index (χ1v) is 5.00. The van der Waals surface area contributed by atoms with Gasteiger partial charge in [-0.05, 0) is 18.2 Å². The van der Waals surface area contributed by atoms with Gasteiger partial charge in [-0.1, -0.05) is 0 Å². The van der Waals surface area contributed by atoms with Crippen molar-refractivity contribution in [1.29, 1.82) is 0 Å². The summed E-state index contributed by atoms with van der Waals surface area (Å²) in [5.74, 6) is -0.391. The van der Waals surface area contributed by atoms with Gasteiger partial charge in [-0.15, -0.1) is 11.3 Å². The number of esters is 1. The molecule has 0 aliphatic heterocycles. The van der Waals surface area contributed by atoms with E-state index in [-0.39, 0.29) is 0 Å². The van der Waals surface area contributed by atoms with Crippen molar-refractivity contribution < 1.29 is 14.3 Å². The topological polar surface area (TPSA) is 56.3 Å². The summed E-state index contributed by atoms with van der Waals surface area (Å²) in [6.07, 6.45) is 0.697. The summed E-state index contributed by atoms with van der Waals surface area (Å²) in [5, 5.41) is 0.409. The van der Waals surface area contributed by atoms with Crippen molar-refractivity contribution in [1.82, 2.24) is 4.98 Å². The van der Waals surface area contributed by atoms with E-state index >= 15 is 0 Å². The minimum absolute atomic E-state index is 0.391. The normalized spacial score (nSPS) is 10.2. The Morgan fingerprint density at radius 1 is 1.53 bits per heavy atom. The number of carbonyl (C=O) groups excluding carboxylic acids is 2. The van der Waals surface area contributed by atoms with Crippen LogP contribution in [0, 0.1) is 0 Å². The number of hydrogen-bond acceptors (Lipinski definition) is 5. The quantitative estimate of drug-likeness (QED) is 0.574. The lowest BCUT2D eigenvalue weighted by Gasteiger charge is -1.97. The number of nitrogens with zero attached hydrogens (tertiary/aromatic N) is 1. The highest BCUT2D eigenvalue weighted by Gasteiger charge is 2.08. The van der Waals surface area contributed by atoms with E-state index in [1.165, 1.54) is 18.4 Å². The first-order chi connectivity index (χ1) is 7.24. The third-order valence-electron chi connectivity index (χ3n) is 1.93. The fourth-order valence-corrected chi connectivity index (χ4v) is 2.06. The van der Waals surface area contributed by atoms with E-state index in [9.17, 15) is 9.59 Å². The number of carbonyl (C=O) groups is 2. The van der Waals surface area contributed by atoms with Gasteiger partial charge in [0.15, 0.2) is 11.3 Å². The summed E-state index contributed by atoms with van der Waals surface area (Å²) in [6.45, 7) is 0. The van der Waals surface area contributed by atoms with Crippen LogP contribution in [0.2, 0.25) is 0 Å². The molecule has 15 heavy (non-hydrogen) atoms. The van der Waals surface area contributed by atoms with Crippen LogP contribution in [0.15, 0.2) is 18.2 Å². The Hall–Kier alpha value is -1.75. The fourth-order valence-electron chi connectivity index (χ4n) is 1.24. The van der Waals surface area contributed by atoms with Gasteiger partial charge in [0.1, 0.15) is 0 Å². The fraction of sp³-hybridized carbons (Fsp3) is 0.100. The van der Waals surface area contributed by atoms with Gasteiger partial charge >= 0.3 is 5.97 Å². The Morgan fingerprint density at radius 3 is 3.00 bits per heavy atom. The molecule has 1 heterocycles. The molecule has 0 bridgehead atoms. The first-order valence-electron chi connectivity index (χ1n) is 4.18. The number of aldehydes is 1. The van der Waals surface area contributed by atoms with E-state index in [1.54, 1.807) is 18.2 Å². The molecule has 0 atom stereocenters. The van der Waals surface area contributed by atoms with Gasteiger partial charge in [0.25, 0.3) is 0 Å². The van der Waals surface area contributed by atoms with Crippen molar-refractivity contribution in [2.45, 2.75) is 0 Å². The number of benzene rings is 1. The minimum Gasteiger partial charge on any atom is -0.465 e. The number of thiazole rings is 1. The second kappa shape index (κ2) is 3.78. The number of aromatic nitrogens is 1. The largest absolute Gasteiger partial charge is 0.465 e. The number of methoxy groups -OCH3 is 1.